The summed E-state index contributed by atoms with van der Waals surface area (Å²) in [6.45, 7) is 9.40. The Kier molecular flexibility index (Phi) is 4.62. The number of nitrogens with one attached hydrogen (secondary N) is 1. The van der Waals surface area contributed by atoms with Crippen LogP contribution in [0.5, 0.6) is 0 Å². The second kappa shape index (κ2) is 6.02. The van der Waals surface area contributed by atoms with Crippen molar-refractivity contribution in [3.05, 3.63) is 0 Å². The molecule has 0 aliphatic carbocycles. The number of hydrogen-bond donors (Lipinski definition) is 1. The van der Waals surface area contributed by atoms with E-state index in [4.69, 9.17) is 0 Å². The van der Waals surface area contributed by atoms with Gasteiger partial charge in [0.2, 0.25) is 5.91 Å². The molecule has 2 saturated heterocycles. The maximum absolute atomic E-state index is 12.6. The lowest BCUT2D eigenvalue weighted by molar-refractivity contribution is -0.139. The highest BCUT2D eigenvalue weighted by Crippen LogP contribution is 2.22. The van der Waals surface area contributed by atoms with Crippen LogP contribution in [-0.4, -0.2) is 61.5 Å². The molecule has 2 fully saturated rings. The fourth-order valence-electron chi connectivity index (χ4n) is 3.01. The Labute approximate surface area is 111 Å². The van der Waals surface area contributed by atoms with Crippen molar-refractivity contribution in [2.45, 2.75) is 32.7 Å². The molecule has 4 nitrogen and oxygen atoms in total. The van der Waals surface area contributed by atoms with E-state index in [0.29, 0.717) is 17.9 Å². The molecule has 104 valence electrons. The van der Waals surface area contributed by atoms with Gasteiger partial charge in [-0.25, -0.2) is 0 Å². The first-order valence-corrected chi connectivity index (χ1v) is 7.33. The Morgan fingerprint density at radius 2 is 2.11 bits per heavy atom. The summed E-state index contributed by atoms with van der Waals surface area (Å²) in [7, 11) is 2.16. The summed E-state index contributed by atoms with van der Waals surface area (Å²) in [5, 5.41) is 3.27. The zero-order valence-electron chi connectivity index (χ0n) is 12.0. The van der Waals surface area contributed by atoms with Crippen molar-refractivity contribution in [3.63, 3.8) is 0 Å². The average molecular weight is 253 g/mol. The van der Waals surface area contributed by atoms with Crippen molar-refractivity contribution in [3.8, 4) is 0 Å². The Hall–Kier alpha value is -0.610. The van der Waals surface area contributed by atoms with Crippen LogP contribution in [0.2, 0.25) is 0 Å². The highest BCUT2D eigenvalue weighted by atomic mass is 16.2. The van der Waals surface area contributed by atoms with Crippen molar-refractivity contribution < 1.29 is 4.79 Å². The summed E-state index contributed by atoms with van der Waals surface area (Å²) in [6, 6.07) is 0.403. The minimum absolute atomic E-state index is 0.184. The van der Waals surface area contributed by atoms with Gasteiger partial charge in [-0.05, 0) is 45.4 Å². The molecule has 2 aliphatic rings. The first-order chi connectivity index (χ1) is 8.63. The smallest absolute Gasteiger partial charge is 0.226 e. The molecular formula is C14H27N3O. The van der Waals surface area contributed by atoms with E-state index < -0.39 is 0 Å². The third-order valence-corrected chi connectivity index (χ3v) is 4.57. The van der Waals surface area contributed by atoms with Crippen LogP contribution in [0.4, 0.5) is 0 Å². The summed E-state index contributed by atoms with van der Waals surface area (Å²) in [6.07, 6.45) is 2.17. The molecule has 1 amide bonds. The summed E-state index contributed by atoms with van der Waals surface area (Å²) in [4.78, 5) is 17.2. The molecule has 2 aliphatic heterocycles. The fraction of sp³-hybridized carbons (Fsp3) is 0.929. The van der Waals surface area contributed by atoms with Gasteiger partial charge in [0.15, 0.2) is 0 Å². The lowest BCUT2D eigenvalue weighted by Gasteiger charge is -2.37. The highest BCUT2D eigenvalue weighted by molar-refractivity contribution is 5.79. The van der Waals surface area contributed by atoms with Crippen LogP contribution >= 0.6 is 0 Å². The summed E-state index contributed by atoms with van der Waals surface area (Å²) in [5.74, 6) is 1.11. The lowest BCUT2D eigenvalue weighted by atomic mass is 9.87. The topological polar surface area (TPSA) is 35.6 Å². The standard InChI is InChI=1S/C14H27N3O/c1-4-13-10-16(3)6-5-7-17(13)14(18)11(2)12-8-15-9-12/h11-13,15H,4-10H2,1-3H3. The maximum atomic E-state index is 12.6. The van der Waals surface area contributed by atoms with Gasteiger partial charge in [0, 0.05) is 25.0 Å². The Morgan fingerprint density at radius 3 is 2.67 bits per heavy atom. The highest BCUT2D eigenvalue weighted by Gasteiger charge is 2.34. The molecule has 0 saturated carbocycles. The SMILES string of the molecule is CCC1CN(C)CCCN1C(=O)C(C)C1CNC1. The van der Waals surface area contributed by atoms with Gasteiger partial charge in [-0.1, -0.05) is 13.8 Å². The van der Waals surface area contributed by atoms with Crippen molar-refractivity contribution in [1.82, 2.24) is 15.1 Å². The quantitative estimate of drug-likeness (QED) is 0.807. The zero-order valence-corrected chi connectivity index (χ0v) is 12.0. The third-order valence-electron chi connectivity index (χ3n) is 4.57. The lowest BCUT2D eigenvalue weighted by Crippen LogP contribution is -2.53. The number of rotatable bonds is 3. The van der Waals surface area contributed by atoms with Crippen LogP contribution in [0.1, 0.15) is 26.7 Å². The number of carbonyl (C=O) groups is 1. The summed E-state index contributed by atoms with van der Waals surface area (Å²) in [5.41, 5.74) is 0. The fourth-order valence-corrected chi connectivity index (χ4v) is 3.01. The minimum atomic E-state index is 0.184. The van der Waals surface area contributed by atoms with Crippen LogP contribution in [0.3, 0.4) is 0 Å². The van der Waals surface area contributed by atoms with Crippen molar-refractivity contribution in [2.75, 3.05) is 39.8 Å². The van der Waals surface area contributed by atoms with Crippen molar-refractivity contribution in [2.24, 2.45) is 11.8 Å². The van der Waals surface area contributed by atoms with Crippen LogP contribution < -0.4 is 5.32 Å². The molecular weight excluding hydrogens is 226 g/mol. The molecule has 4 heteroatoms. The summed E-state index contributed by atoms with van der Waals surface area (Å²) >= 11 is 0. The maximum Gasteiger partial charge on any atom is 0.226 e. The monoisotopic (exact) mass is 253 g/mol. The second-order valence-electron chi connectivity index (χ2n) is 5.92. The number of carbonyl (C=O) groups excluding carboxylic acids is 1. The minimum Gasteiger partial charge on any atom is -0.338 e. The molecule has 2 rings (SSSR count). The van der Waals surface area contributed by atoms with E-state index in [2.05, 4.69) is 36.0 Å². The molecule has 0 aromatic rings. The first kappa shape index (κ1) is 13.8. The Balaban J connectivity index is 2.01. The largest absolute Gasteiger partial charge is 0.338 e. The molecule has 0 aromatic heterocycles. The van der Waals surface area contributed by atoms with Gasteiger partial charge in [-0.2, -0.15) is 0 Å². The van der Waals surface area contributed by atoms with Crippen molar-refractivity contribution >= 4 is 5.91 Å². The van der Waals surface area contributed by atoms with Crippen molar-refractivity contribution in [1.29, 1.82) is 0 Å². The van der Waals surface area contributed by atoms with Gasteiger partial charge in [0.05, 0.1) is 0 Å². The predicted octanol–water partition coefficient (Wildman–Crippen LogP) is 0.785. The van der Waals surface area contributed by atoms with E-state index in [1.54, 1.807) is 0 Å². The van der Waals surface area contributed by atoms with E-state index in [9.17, 15) is 4.79 Å². The second-order valence-corrected chi connectivity index (χ2v) is 5.92. The van der Waals surface area contributed by atoms with Crippen LogP contribution in [0.25, 0.3) is 0 Å². The van der Waals surface area contributed by atoms with Gasteiger partial charge in [0.25, 0.3) is 0 Å². The molecule has 0 radical (unpaired) electrons. The van der Waals surface area contributed by atoms with Gasteiger partial charge in [0.1, 0.15) is 0 Å². The average Bonchev–Trinajstić information content (AvgIpc) is 2.47. The molecule has 2 unspecified atom stereocenters. The third kappa shape index (κ3) is 2.86. The zero-order chi connectivity index (χ0) is 13.1. The van der Waals surface area contributed by atoms with Crippen LogP contribution in [0, 0.1) is 11.8 Å². The molecule has 0 aromatic carbocycles. The van der Waals surface area contributed by atoms with Gasteiger partial charge >= 0.3 is 0 Å². The van der Waals surface area contributed by atoms with E-state index in [0.717, 1.165) is 45.6 Å². The predicted molar refractivity (Wildman–Crippen MR) is 73.4 cm³/mol. The molecule has 2 atom stereocenters. The van der Waals surface area contributed by atoms with Gasteiger partial charge in [-0.3, -0.25) is 4.79 Å². The van der Waals surface area contributed by atoms with Gasteiger partial charge in [-0.15, -0.1) is 0 Å². The molecule has 1 N–H and O–H groups in total. The number of likely N-dealkylation sites (N-methyl/N-ethyl adjacent to an activating group) is 1. The van der Waals surface area contributed by atoms with Gasteiger partial charge < -0.3 is 15.1 Å². The normalized spacial score (nSPS) is 28.6. The molecule has 0 spiro atoms. The molecule has 0 bridgehead atoms. The van der Waals surface area contributed by atoms with E-state index in [1.165, 1.54) is 0 Å². The summed E-state index contributed by atoms with van der Waals surface area (Å²) < 4.78 is 0. The van der Waals surface area contributed by atoms with E-state index >= 15 is 0 Å². The van der Waals surface area contributed by atoms with E-state index in [1.807, 2.05) is 0 Å². The van der Waals surface area contributed by atoms with Crippen LogP contribution in [0.15, 0.2) is 0 Å². The first-order valence-electron chi connectivity index (χ1n) is 7.33. The molecule has 18 heavy (non-hydrogen) atoms. The Morgan fingerprint density at radius 1 is 1.39 bits per heavy atom. The molecule has 2 heterocycles. The number of amides is 1. The number of nitrogens with zero attached hydrogens (tertiary/aromatic N) is 2. The number of hydrogen-bond acceptors (Lipinski definition) is 3. The van der Waals surface area contributed by atoms with E-state index in [-0.39, 0.29) is 5.92 Å². The Bertz CT molecular complexity index is 291. The van der Waals surface area contributed by atoms with Crippen LogP contribution in [-0.2, 0) is 4.79 Å².